The lowest BCUT2D eigenvalue weighted by Gasteiger charge is -2.34. The van der Waals surface area contributed by atoms with Crippen LogP contribution in [-0.4, -0.2) is 42.8 Å². The molecule has 0 bridgehead atoms. The van der Waals surface area contributed by atoms with Crippen molar-refractivity contribution >= 4 is 46.2 Å². The van der Waals surface area contributed by atoms with Crippen molar-refractivity contribution in [1.82, 2.24) is 10.1 Å². The Morgan fingerprint density at radius 1 is 1.25 bits per heavy atom. The Hall–Kier alpha value is -2.42. The molecule has 0 aliphatic carbocycles. The standard InChI is InChI=1S/C20H22N4O2S2/c1-14-9-11-15(12-10-14)13-21-23-17(20(2,3)28-19(23)27)24(26)18(25)22-16-7-5-4-6-8-16/h4-13,17,26H,1-3H3,(H,22,25)/b21-13+. The summed E-state index contributed by atoms with van der Waals surface area (Å²) in [4.78, 5) is 12.6. The summed E-state index contributed by atoms with van der Waals surface area (Å²) in [5, 5.41) is 20.0. The summed E-state index contributed by atoms with van der Waals surface area (Å²) in [7, 11) is 0. The molecule has 1 unspecified atom stereocenters. The highest BCUT2D eigenvalue weighted by Gasteiger charge is 2.50. The minimum absolute atomic E-state index is 0.491. The number of thioether (sulfide) groups is 1. The van der Waals surface area contributed by atoms with Gasteiger partial charge in [0.2, 0.25) is 0 Å². The van der Waals surface area contributed by atoms with Gasteiger partial charge in [-0.05, 0) is 38.5 Å². The van der Waals surface area contributed by atoms with Crippen LogP contribution in [0.5, 0.6) is 0 Å². The van der Waals surface area contributed by atoms with Crippen LogP contribution in [0.15, 0.2) is 59.7 Å². The molecule has 2 N–H and O–H groups in total. The molecule has 0 aromatic heterocycles. The Bertz CT molecular complexity index is 885. The maximum atomic E-state index is 12.6. The average Bonchev–Trinajstić information content (AvgIpc) is 2.89. The van der Waals surface area contributed by atoms with Crippen molar-refractivity contribution < 1.29 is 10.0 Å². The minimum Gasteiger partial charge on any atom is -0.306 e. The quantitative estimate of drug-likeness (QED) is 0.329. The Balaban J connectivity index is 1.81. The number of hydrogen-bond acceptors (Lipinski definition) is 5. The first-order valence-electron chi connectivity index (χ1n) is 8.75. The van der Waals surface area contributed by atoms with Gasteiger partial charge in [0, 0.05) is 5.69 Å². The molecule has 1 fully saturated rings. The molecule has 2 aromatic carbocycles. The number of aryl methyl sites for hydroxylation is 1. The van der Waals surface area contributed by atoms with E-state index in [0.29, 0.717) is 15.1 Å². The van der Waals surface area contributed by atoms with E-state index in [0.717, 1.165) is 11.1 Å². The number of para-hydroxylation sites is 1. The molecule has 8 heteroatoms. The predicted octanol–water partition coefficient (Wildman–Crippen LogP) is 4.69. The lowest BCUT2D eigenvalue weighted by atomic mass is 10.1. The number of hydroxylamine groups is 2. The van der Waals surface area contributed by atoms with Crippen molar-refractivity contribution in [2.75, 3.05) is 5.32 Å². The molecule has 2 amide bonds. The topological polar surface area (TPSA) is 68.2 Å². The van der Waals surface area contributed by atoms with E-state index in [4.69, 9.17) is 12.2 Å². The number of nitrogens with zero attached hydrogens (tertiary/aromatic N) is 3. The van der Waals surface area contributed by atoms with Crippen LogP contribution in [0.1, 0.15) is 25.0 Å². The highest BCUT2D eigenvalue weighted by Crippen LogP contribution is 2.42. The van der Waals surface area contributed by atoms with Crippen molar-refractivity contribution in [3.05, 3.63) is 65.7 Å². The number of urea groups is 1. The molecule has 1 aliphatic rings. The third kappa shape index (κ3) is 4.52. The van der Waals surface area contributed by atoms with Gasteiger partial charge in [0.1, 0.15) is 0 Å². The normalized spacial score (nSPS) is 18.5. The smallest absolute Gasteiger partial charge is 0.306 e. The first-order valence-corrected chi connectivity index (χ1v) is 9.97. The number of rotatable bonds is 4. The van der Waals surface area contributed by atoms with Gasteiger partial charge in [0.25, 0.3) is 0 Å². The fourth-order valence-corrected chi connectivity index (χ4v) is 4.61. The monoisotopic (exact) mass is 414 g/mol. The summed E-state index contributed by atoms with van der Waals surface area (Å²) in [6.45, 7) is 5.84. The number of carbonyl (C=O) groups is 1. The average molecular weight is 415 g/mol. The van der Waals surface area contributed by atoms with Crippen LogP contribution in [0, 0.1) is 6.92 Å². The summed E-state index contributed by atoms with van der Waals surface area (Å²) in [6, 6.07) is 16.2. The van der Waals surface area contributed by atoms with Crippen molar-refractivity contribution in [3.63, 3.8) is 0 Å². The van der Waals surface area contributed by atoms with E-state index < -0.39 is 16.9 Å². The van der Waals surface area contributed by atoms with Gasteiger partial charge in [-0.1, -0.05) is 72.0 Å². The van der Waals surface area contributed by atoms with Gasteiger partial charge >= 0.3 is 6.03 Å². The zero-order valence-electron chi connectivity index (χ0n) is 15.9. The second-order valence-corrected chi connectivity index (χ2v) is 9.27. The number of benzene rings is 2. The third-order valence-electron chi connectivity index (χ3n) is 4.26. The van der Waals surface area contributed by atoms with Gasteiger partial charge < -0.3 is 5.32 Å². The van der Waals surface area contributed by atoms with Crippen LogP contribution in [0.25, 0.3) is 0 Å². The molecule has 0 radical (unpaired) electrons. The van der Waals surface area contributed by atoms with E-state index in [1.54, 1.807) is 30.5 Å². The van der Waals surface area contributed by atoms with E-state index in [1.165, 1.54) is 16.8 Å². The van der Waals surface area contributed by atoms with Crippen LogP contribution in [0.4, 0.5) is 10.5 Å². The van der Waals surface area contributed by atoms with Gasteiger partial charge in [-0.15, -0.1) is 0 Å². The molecule has 1 saturated heterocycles. The molecule has 28 heavy (non-hydrogen) atoms. The molecule has 6 nitrogen and oxygen atoms in total. The molecule has 3 rings (SSSR count). The summed E-state index contributed by atoms with van der Waals surface area (Å²) in [5.74, 6) is 0. The summed E-state index contributed by atoms with van der Waals surface area (Å²) < 4.78 is -0.0604. The highest BCUT2D eigenvalue weighted by molar-refractivity contribution is 8.24. The second-order valence-electron chi connectivity index (χ2n) is 6.99. The summed E-state index contributed by atoms with van der Waals surface area (Å²) >= 11 is 6.83. The molecule has 2 aromatic rings. The number of hydrogen-bond donors (Lipinski definition) is 2. The number of thiocarbonyl (C=S) groups is 1. The lowest BCUT2D eigenvalue weighted by Crippen LogP contribution is -2.54. The molecule has 1 aliphatic heterocycles. The van der Waals surface area contributed by atoms with Crippen molar-refractivity contribution in [2.45, 2.75) is 31.7 Å². The summed E-state index contributed by atoms with van der Waals surface area (Å²) in [6.07, 6.45) is 0.916. The van der Waals surface area contributed by atoms with Gasteiger partial charge in [-0.2, -0.15) is 10.2 Å². The van der Waals surface area contributed by atoms with E-state index in [9.17, 15) is 10.0 Å². The van der Waals surface area contributed by atoms with Crippen molar-refractivity contribution in [1.29, 1.82) is 0 Å². The van der Waals surface area contributed by atoms with Crippen molar-refractivity contribution in [2.24, 2.45) is 5.10 Å². The van der Waals surface area contributed by atoms with Crippen LogP contribution < -0.4 is 5.32 Å². The maximum Gasteiger partial charge on any atom is 0.347 e. The van der Waals surface area contributed by atoms with Crippen LogP contribution in [0.2, 0.25) is 0 Å². The molecule has 0 saturated carbocycles. The van der Waals surface area contributed by atoms with Crippen LogP contribution >= 0.6 is 24.0 Å². The Labute approximate surface area is 174 Å². The van der Waals surface area contributed by atoms with Crippen molar-refractivity contribution in [3.8, 4) is 0 Å². The number of amides is 2. The molecular formula is C20H22N4O2S2. The fourth-order valence-electron chi connectivity index (χ4n) is 2.82. The lowest BCUT2D eigenvalue weighted by molar-refractivity contribution is -0.114. The largest absolute Gasteiger partial charge is 0.347 e. The van der Waals surface area contributed by atoms with Gasteiger partial charge in [0.05, 0.1) is 11.0 Å². The molecular weight excluding hydrogens is 392 g/mol. The number of nitrogens with one attached hydrogen (secondary N) is 1. The number of carbonyl (C=O) groups excluding carboxylic acids is 1. The number of hydrazone groups is 1. The Kier molecular flexibility index (Phi) is 6.02. The van der Waals surface area contributed by atoms with Crippen LogP contribution in [0.3, 0.4) is 0 Å². The minimum atomic E-state index is -0.754. The van der Waals surface area contributed by atoms with Gasteiger partial charge in [0.15, 0.2) is 10.5 Å². The highest BCUT2D eigenvalue weighted by atomic mass is 32.2. The fraction of sp³-hybridized carbons (Fsp3) is 0.250. The zero-order chi connectivity index (χ0) is 20.3. The first-order chi connectivity index (χ1) is 13.3. The Morgan fingerprint density at radius 3 is 2.54 bits per heavy atom. The second kappa shape index (κ2) is 8.30. The third-order valence-corrected chi connectivity index (χ3v) is 5.80. The first kappa shape index (κ1) is 20.3. The van der Waals surface area contributed by atoms with Crippen LogP contribution in [-0.2, 0) is 0 Å². The molecule has 1 atom stereocenters. The van der Waals surface area contributed by atoms with Gasteiger partial charge in [-0.25, -0.2) is 9.80 Å². The maximum absolute atomic E-state index is 12.6. The van der Waals surface area contributed by atoms with E-state index >= 15 is 0 Å². The van der Waals surface area contributed by atoms with E-state index in [1.807, 2.05) is 51.1 Å². The SMILES string of the molecule is Cc1ccc(/C=N/N2C(=S)SC(C)(C)C2N(O)C(=O)Nc2ccccc2)cc1. The molecule has 0 spiro atoms. The summed E-state index contributed by atoms with van der Waals surface area (Å²) in [5.41, 5.74) is 2.65. The zero-order valence-corrected chi connectivity index (χ0v) is 17.5. The van der Waals surface area contributed by atoms with Gasteiger partial charge in [-0.3, -0.25) is 5.21 Å². The molecule has 1 heterocycles. The Morgan fingerprint density at radius 2 is 1.89 bits per heavy atom. The van der Waals surface area contributed by atoms with E-state index in [-0.39, 0.29) is 0 Å². The number of anilines is 1. The van der Waals surface area contributed by atoms with E-state index in [2.05, 4.69) is 10.4 Å². The molecule has 146 valence electrons. The predicted molar refractivity (Wildman–Crippen MR) is 118 cm³/mol.